The minimum absolute atomic E-state index is 0.0508. The van der Waals surface area contributed by atoms with Gasteiger partial charge in [-0.3, -0.25) is 4.79 Å². The molecule has 7 nitrogen and oxygen atoms in total. The van der Waals surface area contributed by atoms with Gasteiger partial charge in [0.05, 0.1) is 14.2 Å². The Labute approximate surface area is 184 Å². The molecule has 0 amide bonds. The topological polar surface area (TPSA) is 94.1 Å². The molecule has 0 radical (unpaired) electrons. The van der Waals surface area contributed by atoms with E-state index < -0.39 is 17.6 Å². The molecular weight excluding hydrogens is 410 g/mol. The molecule has 3 aromatic carbocycles. The third kappa shape index (κ3) is 2.74. The van der Waals surface area contributed by atoms with Crippen LogP contribution in [0.15, 0.2) is 60.7 Å². The molecule has 3 aromatic rings. The van der Waals surface area contributed by atoms with Crippen molar-refractivity contribution in [2.45, 2.75) is 18.1 Å². The van der Waals surface area contributed by atoms with Crippen molar-refractivity contribution in [3.63, 3.8) is 0 Å². The third-order valence-corrected chi connectivity index (χ3v) is 6.20. The minimum atomic E-state index is -1.25. The SMILES string of the molecule is COC(=O)c1c(O)ccc2c1C1(Cc3ccccc3C1=O)C(Nc1ccc(OC)cc1)O2. The van der Waals surface area contributed by atoms with Gasteiger partial charge in [-0.1, -0.05) is 24.3 Å². The van der Waals surface area contributed by atoms with Gasteiger partial charge in [0, 0.05) is 16.8 Å². The second kappa shape index (κ2) is 7.30. The molecule has 0 bridgehead atoms. The Hall–Kier alpha value is -4.00. The summed E-state index contributed by atoms with van der Waals surface area (Å²) in [5, 5.41) is 13.9. The van der Waals surface area contributed by atoms with Crippen LogP contribution in [0.25, 0.3) is 0 Å². The van der Waals surface area contributed by atoms with Gasteiger partial charge in [0.25, 0.3) is 0 Å². The Bertz CT molecular complexity index is 1240. The molecule has 2 atom stereocenters. The van der Waals surface area contributed by atoms with Crippen molar-refractivity contribution < 1.29 is 28.9 Å². The van der Waals surface area contributed by atoms with E-state index in [1.165, 1.54) is 13.2 Å². The normalized spacial score (nSPS) is 20.4. The summed E-state index contributed by atoms with van der Waals surface area (Å²) in [6.45, 7) is 0. The predicted molar refractivity (Wildman–Crippen MR) is 117 cm³/mol. The molecule has 32 heavy (non-hydrogen) atoms. The van der Waals surface area contributed by atoms with Crippen LogP contribution in [-0.2, 0) is 16.6 Å². The number of Topliss-reactive ketones (excluding diaryl/α,β-unsaturated/α-hetero) is 1. The van der Waals surface area contributed by atoms with E-state index in [9.17, 15) is 14.7 Å². The molecule has 2 unspecified atom stereocenters. The highest BCUT2D eigenvalue weighted by Gasteiger charge is 2.60. The zero-order chi connectivity index (χ0) is 22.5. The molecule has 0 saturated carbocycles. The van der Waals surface area contributed by atoms with Crippen LogP contribution in [0.4, 0.5) is 5.69 Å². The molecule has 1 heterocycles. The first-order chi connectivity index (χ1) is 15.5. The van der Waals surface area contributed by atoms with E-state index in [1.54, 1.807) is 31.4 Å². The van der Waals surface area contributed by atoms with Crippen LogP contribution in [0, 0.1) is 0 Å². The number of ketones is 1. The molecule has 1 aliphatic carbocycles. The lowest BCUT2D eigenvalue weighted by Gasteiger charge is -2.30. The number of anilines is 1. The largest absolute Gasteiger partial charge is 0.507 e. The number of aromatic hydroxyl groups is 1. The number of esters is 1. The number of hydrogen-bond acceptors (Lipinski definition) is 7. The molecule has 1 spiro atoms. The molecule has 5 rings (SSSR count). The first kappa shape index (κ1) is 19.9. The summed E-state index contributed by atoms with van der Waals surface area (Å²) in [6.07, 6.45) is -0.494. The number of nitrogens with one attached hydrogen (secondary N) is 1. The van der Waals surface area contributed by atoms with E-state index in [0.717, 1.165) is 11.3 Å². The van der Waals surface area contributed by atoms with Crippen molar-refractivity contribution in [2.75, 3.05) is 19.5 Å². The summed E-state index contributed by atoms with van der Waals surface area (Å²) >= 11 is 0. The Kier molecular flexibility index (Phi) is 4.55. The smallest absolute Gasteiger partial charge is 0.342 e. The van der Waals surface area contributed by atoms with Gasteiger partial charge in [-0.15, -0.1) is 0 Å². The van der Waals surface area contributed by atoms with Crippen molar-refractivity contribution in [1.29, 1.82) is 0 Å². The summed E-state index contributed by atoms with van der Waals surface area (Å²) < 4.78 is 16.4. The molecule has 162 valence electrons. The first-order valence-corrected chi connectivity index (χ1v) is 10.1. The average molecular weight is 431 g/mol. The second-order valence-electron chi connectivity index (χ2n) is 7.83. The standard InChI is InChI=1S/C25H21NO6/c1-30-16-9-7-15(8-10-16)26-24-25(13-14-5-3-4-6-17(14)22(25)28)21-19(32-24)12-11-18(27)20(21)23(29)31-2/h3-12,24,26-27H,13H2,1-2H3. The quantitative estimate of drug-likeness (QED) is 0.609. The minimum Gasteiger partial charge on any atom is -0.507 e. The second-order valence-corrected chi connectivity index (χ2v) is 7.83. The average Bonchev–Trinajstić information content (AvgIpc) is 3.29. The summed E-state index contributed by atoms with van der Waals surface area (Å²) in [4.78, 5) is 26.6. The van der Waals surface area contributed by atoms with E-state index >= 15 is 0 Å². The number of fused-ring (bicyclic) bond motifs is 3. The molecule has 2 aliphatic rings. The lowest BCUT2D eigenvalue weighted by molar-refractivity contribution is 0.0594. The van der Waals surface area contributed by atoms with Gasteiger partial charge >= 0.3 is 5.97 Å². The number of phenols is 1. The number of phenolic OH excluding ortho intramolecular Hbond substituents is 1. The maximum Gasteiger partial charge on any atom is 0.342 e. The highest BCUT2D eigenvalue weighted by Crippen LogP contribution is 2.54. The summed E-state index contributed by atoms with van der Waals surface area (Å²) in [7, 11) is 2.82. The predicted octanol–water partition coefficient (Wildman–Crippen LogP) is 3.69. The Morgan fingerprint density at radius 2 is 1.84 bits per heavy atom. The zero-order valence-corrected chi connectivity index (χ0v) is 17.5. The van der Waals surface area contributed by atoms with Gasteiger partial charge in [0.2, 0.25) is 0 Å². The first-order valence-electron chi connectivity index (χ1n) is 10.1. The fraction of sp³-hybridized carbons (Fsp3) is 0.200. The molecule has 2 N–H and O–H groups in total. The number of carbonyl (C=O) groups is 2. The number of carbonyl (C=O) groups excluding carboxylic acids is 2. The van der Waals surface area contributed by atoms with E-state index in [0.29, 0.717) is 29.0 Å². The van der Waals surface area contributed by atoms with Crippen molar-refractivity contribution in [2.24, 2.45) is 0 Å². The van der Waals surface area contributed by atoms with Crippen molar-refractivity contribution in [1.82, 2.24) is 0 Å². The maximum atomic E-state index is 13.9. The van der Waals surface area contributed by atoms with Crippen LogP contribution in [0.3, 0.4) is 0 Å². The number of benzene rings is 3. The van der Waals surface area contributed by atoms with Gasteiger partial charge in [-0.25, -0.2) is 4.79 Å². The van der Waals surface area contributed by atoms with E-state index in [2.05, 4.69) is 5.32 Å². The summed E-state index contributed by atoms with van der Waals surface area (Å²) in [6, 6.07) is 17.5. The highest BCUT2D eigenvalue weighted by atomic mass is 16.5. The molecule has 0 fully saturated rings. The number of hydrogen-bond donors (Lipinski definition) is 2. The molecule has 7 heteroatoms. The lowest BCUT2D eigenvalue weighted by atomic mass is 9.74. The van der Waals surface area contributed by atoms with Crippen LogP contribution in [0.5, 0.6) is 17.2 Å². The van der Waals surface area contributed by atoms with E-state index in [-0.39, 0.29) is 17.1 Å². The van der Waals surface area contributed by atoms with Crippen LogP contribution >= 0.6 is 0 Å². The molecule has 1 aliphatic heterocycles. The Balaban J connectivity index is 1.68. The highest BCUT2D eigenvalue weighted by molar-refractivity contribution is 6.12. The van der Waals surface area contributed by atoms with Crippen LogP contribution in [0.1, 0.15) is 31.8 Å². The third-order valence-electron chi connectivity index (χ3n) is 6.20. The summed E-state index contributed by atoms with van der Waals surface area (Å²) in [5.41, 5.74) is 1.19. The molecule has 0 aromatic heterocycles. The van der Waals surface area contributed by atoms with E-state index in [1.807, 2.05) is 30.3 Å². The number of rotatable bonds is 4. The van der Waals surface area contributed by atoms with Gasteiger partial charge in [0.15, 0.2) is 12.0 Å². The Morgan fingerprint density at radius 3 is 2.53 bits per heavy atom. The number of methoxy groups -OCH3 is 2. The van der Waals surface area contributed by atoms with Crippen molar-refractivity contribution in [3.8, 4) is 17.2 Å². The fourth-order valence-electron chi connectivity index (χ4n) is 4.70. The van der Waals surface area contributed by atoms with E-state index in [4.69, 9.17) is 14.2 Å². The Morgan fingerprint density at radius 1 is 1.09 bits per heavy atom. The van der Waals surface area contributed by atoms with Gasteiger partial charge in [-0.05, 0) is 48.4 Å². The lowest BCUT2D eigenvalue weighted by Crippen LogP contribution is -2.48. The van der Waals surface area contributed by atoms with Crippen molar-refractivity contribution in [3.05, 3.63) is 82.9 Å². The molecular formula is C25H21NO6. The monoisotopic (exact) mass is 431 g/mol. The van der Waals surface area contributed by atoms with Crippen LogP contribution < -0.4 is 14.8 Å². The number of ether oxygens (including phenoxy) is 3. The van der Waals surface area contributed by atoms with Crippen molar-refractivity contribution >= 4 is 17.4 Å². The van der Waals surface area contributed by atoms with Crippen LogP contribution in [-0.4, -0.2) is 37.3 Å². The molecule has 0 saturated heterocycles. The maximum absolute atomic E-state index is 13.9. The zero-order valence-electron chi connectivity index (χ0n) is 17.5. The van der Waals surface area contributed by atoms with Gasteiger partial charge in [-0.2, -0.15) is 0 Å². The summed E-state index contributed by atoms with van der Waals surface area (Å²) in [5.74, 6) is -0.101. The van der Waals surface area contributed by atoms with Crippen LogP contribution in [0.2, 0.25) is 0 Å². The van der Waals surface area contributed by atoms with Gasteiger partial charge in [0.1, 0.15) is 28.2 Å². The van der Waals surface area contributed by atoms with Gasteiger partial charge < -0.3 is 24.6 Å². The fourth-order valence-corrected chi connectivity index (χ4v) is 4.70.